The van der Waals surface area contributed by atoms with E-state index in [0.29, 0.717) is 47.2 Å². The Morgan fingerprint density at radius 1 is 1.00 bits per heavy atom. The van der Waals surface area contributed by atoms with E-state index < -0.39 is 11.2 Å². The molecule has 2 N–H and O–H groups in total. The van der Waals surface area contributed by atoms with Crippen molar-refractivity contribution in [2.45, 2.75) is 6.42 Å². The molecule has 0 aliphatic heterocycles. The zero-order valence-corrected chi connectivity index (χ0v) is 18.8. The average molecular weight is 441 g/mol. The van der Waals surface area contributed by atoms with Crippen LogP contribution in [0.15, 0.2) is 34.1 Å². The Balaban J connectivity index is 2.03. The lowest BCUT2D eigenvalue weighted by molar-refractivity contribution is 0.345. The number of aromatic nitrogens is 4. The van der Waals surface area contributed by atoms with Crippen molar-refractivity contribution < 1.29 is 14.2 Å². The number of ether oxygens (including phenoxy) is 3. The Labute approximate surface area is 184 Å². The molecule has 2 heterocycles. The maximum atomic E-state index is 12.5. The van der Waals surface area contributed by atoms with Crippen LogP contribution >= 0.6 is 0 Å². The smallest absolute Gasteiger partial charge is 0.332 e. The topological polar surface area (TPSA) is 116 Å². The van der Waals surface area contributed by atoms with Gasteiger partial charge in [-0.15, -0.1) is 0 Å². The summed E-state index contributed by atoms with van der Waals surface area (Å²) in [7, 11) is 7.84. The van der Waals surface area contributed by atoms with Crippen molar-refractivity contribution in [3.05, 3.63) is 56.7 Å². The third-order valence-corrected chi connectivity index (χ3v) is 5.03. The van der Waals surface area contributed by atoms with E-state index in [1.54, 1.807) is 57.4 Å². The number of imidazole rings is 1. The lowest BCUT2D eigenvalue weighted by atomic mass is 10.1. The highest BCUT2D eigenvalue weighted by Crippen LogP contribution is 2.39. The van der Waals surface area contributed by atoms with Crippen LogP contribution in [0.1, 0.15) is 17.8 Å². The Hall–Kier alpha value is -3.79. The fourth-order valence-corrected chi connectivity index (χ4v) is 3.25. The van der Waals surface area contributed by atoms with Crippen molar-refractivity contribution in [1.29, 1.82) is 0 Å². The molecule has 170 valence electrons. The number of nitrogens with zero attached hydrogens (tertiary/aromatic N) is 4. The van der Waals surface area contributed by atoms with E-state index in [2.05, 4.69) is 4.98 Å². The third kappa shape index (κ3) is 4.17. The highest BCUT2D eigenvalue weighted by atomic mass is 16.5. The van der Waals surface area contributed by atoms with Gasteiger partial charge in [-0.05, 0) is 42.8 Å². The van der Waals surface area contributed by atoms with Crippen molar-refractivity contribution in [2.24, 2.45) is 26.9 Å². The highest BCUT2D eigenvalue weighted by Gasteiger charge is 2.16. The standard InChI is InChI=1S/C22H27N5O5/c1-25-17(24-20-18(25)21(28)27(3)22(29)26(20)2)9-8-14-12-15(30-4)19(16(13-14)31-5)32-11-7-6-10-23/h7-9,11-13H,6,10,23H2,1-5H3/b9-8+,11-7+. The summed E-state index contributed by atoms with van der Waals surface area (Å²) >= 11 is 0. The normalized spacial score (nSPS) is 11.7. The number of nitrogens with two attached hydrogens (primary N) is 1. The van der Waals surface area contributed by atoms with E-state index in [0.717, 1.165) is 10.1 Å². The first-order valence-corrected chi connectivity index (χ1v) is 9.92. The molecule has 10 heteroatoms. The minimum absolute atomic E-state index is 0.323. The van der Waals surface area contributed by atoms with E-state index in [-0.39, 0.29) is 0 Å². The highest BCUT2D eigenvalue weighted by molar-refractivity contribution is 5.77. The monoisotopic (exact) mass is 441 g/mol. The molecule has 32 heavy (non-hydrogen) atoms. The number of methoxy groups -OCH3 is 2. The molecule has 10 nitrogen and oxygen atoms in total. The quantitative estimate of drug-likeness (QED) is 0.525. The van der Waals surface area contributed by atoms with Crippen LogP contribution in [0.5, 0.6) is 17.2 Å². The molecule has 0 saturated carbocycles. The van der Waals surface area contributed by atoms with Crippen LogP contribution in [0.3, 0.4) is 0 Å². The first-order valence-electron chi connectivity index (χ1n) is 9.92. The van der Waals surface area contributed by atoms with Gasteiger partial charge in [-0.2, -0.15) is 0 Å². The molecule has 0 amide bonds. The number of aryl methyl sites for hydroxylation is 2. The van der Waals surface area contributed by atoms with Crippen molar-refractivity contribution in [3.63, 3.8) is 0 Å². The van der Waals surface area contributed by atoms with Gasteiger partial charge in [0.25, 0.3) is 5.56 Å². The minimum Gasteiger partial charge on any atom is -0.493 e. The van der Waals surface area contributed by atoms with Crippen LogP contribution in [0.25, 0.3) is 23.3 Å². The van der Waals surface area contributed by atoms with Gasteiger partial charge in [-0.1, -0.05) is 6.08 Å². The summed E-state index contributed by atoms with van der Waals surface area (Å²) in [4.78, 5) is 29.2. The van der Waals surface area contributed by atoms with Crippen LogP contribution < -0.4 is 31.2 Å². The van der Waals surface area contributed by atoms with Gasteiger partial charge in [0.05, 0.1) is 20.5 Å². The number of rotatable bonds is 8. The Bertz CT molecular complexity index is 1290. The molecule has 1 aromatic carbocycles. The summed E-state index contributed by atoms with van der Waals surface area (Å²) in [5.74, 6) is 1.94. The number of fused-ring (bicyclic) bond motifs is 1. The van der Waals surface area contributed by atoms with Gasteiger partial charge in [0, 0.05) is 21.1 Å². The van der Waals surface area contributed by atoms with Crippen LogP contribution in [0.4, 0.5) is 0 Å². The molecule has 3 rings (SSSR count). The molecule has 0 unspecified atom stereocenters. The molecule has 0 saturated heterocycles. The number of hydrogen-bond acceptors (Lipinski definition) is 7. The predicted octanol–water partition coefficient (Wildman–Crippen LogP) is 1.40. The summed E-state index contributed by atoms with van der Waals surface area (Å²) < 4.78 is 20.7. The summed E-state index contributed by atoms with van der Waals surface area (Å²) in [6.45, 7) is 0.528. The van der Waals surface area contributed by atoms with Crippen LogP contribution in [-0.4, -0.2) is 39.4 Å². The van der Waals surface area contributed by atoms with Gasteiger partial charge < -0.3 is 24.5 Å². The van der Waals surface area contributed by atoms with E-state index in [1.165, 1.54) is 11.6 Å². The molecule has 0 radical (unpaired) electrons. The van der Waals surface area contributed by atoms with Gasteiger partial charge in [-0.25, -0.2) is 9.78 Å². The predicted molar refractivity (Wildman–Crippen MR) is 123 cm³/mol. The van der Waals surface area contributed by atoms with Crippen molar-refractivity contribution >= 4 is 23.3 Å². The zero-order chi connectivity index (χ0) is 23.4. The van der Waals surface area contributed by atoms with Gasteiger partial charge in [0.15, 0.2) is 22.7 Å². The van der Waals surface area contributed by atoms with E-state index in [1.807, 2.05) is 12.2 Å². The average Bonchev–Trinajstić information content (AvgIpc) is 3.13. The molecule has 0 atom stereocenters. The number of hydrogen-bond donors (Lipinski definition) is 1. The second kappa shape index (κ2) is 9.56. The fourth-order valence-electron chi connectivity index (χ4n) is 3.25. The SMILES string of the molecule is COc1cc(/C=C/c2nc3c(c(=O)n(C)c(=O)n3C)n2C)cc(OC)c1O/C=C/CCN. The molecule has 0 aliphatic rings. The zero-order valence-electron chi connectivity index (χ0n) is 18.8. The first kappa shape index (κ1) is 22.9. The molecule has 0 bridgehead atoms. The summed E-state index contributed by atoms with van der Waals surface area (Å²) in [6.07, 6.45) is 7.61. The third-order valence-electron chi connectivity index (χ3n) is 5.03. The molecule has 2 aromatic heterocycles. The molecule has 3 aromatic rings. The van der Waals surface area contributed by atoms with Crippen LogP contribution in [0.2, 0.25) is 0 Å². The summed E-state index contributed by atoms with van der Waals surface area (Å²) in [5, 5.41) is 0. The lowest BCUT2D eigenvalue weighted by Gasteiger charge is -2.13. The van der Waals surface area contributed by atoms with Crippen molar-refractivity contribution in [3.8, 4) is 17.2 Å². The van der Waals surface area contributed by atoms with Crippen molar-refractivity contribution in [2.75, 3.05) is 20.8 Å². The van der Waals surface area contributed by atoms with Gasteiger partial charge >= 0.3 is 5.69 Å². The van der Waals surface area contributed by atoms with E-state index >= 15 is 0 Å². The Morgan fingerprint density at radius 2 is 1.66 bits per heavy atom. The summed E-state index contributed by atoms with van der Waals surface area (Å²) in [5.41, 5.74) is 6.09. The van der Waals surface area contributed by atoms with Crippen LogP contribution in [0, 0.1) is 0 Å². The molecular weight excluding hydrogens is 414 g/mol. The largest absolute Gasteiger partial charge is 0.493 e. The van der Waals surface area contributed by atoms with Gasteiger partial charge in [0.2, 0.25) is 5.75 Å². The number of benzene rings is 1. The van der Waals surface area contributed by atoms with Crippen LogP contribution in [-0.2, 0) is 21.1 Å². The Kier molecular flexibility index (Phi) is 6.84. The Morgan fingerprint density at radius 3 is 2.25 bits per heavy atom. The summed E-state index contributed by atoms with van der Waals surface area (Å²) in [6, 6.07) is 3.59. The minimum atomic E-state index is -0.429. The van der Waals surface area contributed by atoms with E-state index in [4.69, 9.17) is 19.9 Å². The molecule has 0 spiro atoms. The lowest BCUT2D eigenvalue weighted by Crippen LogP contribution is -2.37. The first-order chi connectivity index (χ1) is 15.3. The second-order valence-electron chi connectivity index (χ2n) is 7.06. The van der Waals surface area contributed by atoms with E-state index in [9.17, 15) is 9.59 Å². The molecule has 0 fully saturated rings. The van der Waals surface area contributed by atoms with Crippen molar-refractivity contribution in [1.82, 2.24) is 18.7 Å². The van der Waals surface area contributed by atoms with Gasteiger partial charge in [0.1, 0.15) is 5.82 Å². The maximum absolute atomic E-state index is 12.5. The fraction of sp³-hybridized carbons (Fsp3) is 0.318. The second-order valence-corrected chi connectivity index (χ2v) is 7.06. The molecule has 0 aliphatic carbocycles. The maximum Gasteiger partial charge on any atom is 0.332 e. The van der Waals surface area contributed by atoms with Gasteiger partial charge in [-0.3, -0.25) is 13.9 Å². The molecular formula is C22H27N5O5.